The molecule has 0 saturated carbocycles. The number of nitrogens with one attached hydrogen (secondary N) is 1. The van der Waals surface area contributed by atoms with Gasteiger partial charge < -0.3 is 20.4 Å². The van der Waals surface area contributed by atoms with E-state index in [0.29, 0.717) is 12.2 Å². The number of carbonyl (C=O) groups is 1. The van der Waals surface area contributed by atoms with Gasteiger partial charge in [-0.15, -0.1) is 0 Å². The van der Waals surface area contributed by atoms with Gasteiger partial charge in [0.15, 0.2) is 5.82 Å². The van der Waals surface area contributed by atoms with E-state index in [-0.39, 0.29) is 23.7 Å². The van der Waals surface area contributed by atoms with Crippen molar-refractivity contribution in [2.75, 3.05) is 25.0 Å². The largest absolute Gasteiger partial charge is 0.373 e. The summed E-state index contributed by atoms with van der Waals surface area (Å²) in [4.78, 5) is 18.8. The summed E-state index contributed by atoms with van der Waals surface area (Å²) in [7, 11) is 0. The highest BCUT2D eigenvalue weighted by molar-refractivity contribution is 5.93. The van der Waals surface area contributed by atoms with E-state index in [1.54, 1.807) is 6.33 Å². The molecule has 1 aliphatic heterocycles. The molecule has 7 heteroatoms. The van der Waals surface area contributed by atoms with Crippen molar-refractivity contribution in [3.8, 4) is 0 Å². The molecular weight excluding hydrogens is 318 g/mol. The topological polar surface area (TPSA) is 85.4 Å². The number of nitrogens with two attached hydrogens (primary N) is 1. The number of hydrogen-bond acceptors (Lipinski definition) is 5. The minimum absolute atomic E-state index is 0.141. The lowest BCUT2D eigenvalue weighted by Crippen LogP contribution is -2.50. The van der Waals surface area contributed by atoms with Crippen molar-refractivity contribution < 1.29 is 9.53 Å². The lowest BCUT2D eigenvalue weighted by molar-refractivity contribution is -0.117. The Morgan fingerprint density at radius 1 is 1.44 bits per heavy atom. The van der Waals surface area contributed by atoms with Crippen LogP contribution in [-0.2, 0) is 15.1 Å². The van der Waals surface area contributed by atoms with Crippen LogP contribution in [0.1, 0.15) is 47.5 Å². The molecule has 1 saturated heterocycles. The van der Waals surface area contributed by atoms with Gasteiger partial charge in [-0.25, -0.2) is 4.98 Å². The lowest BCUT2D eigenvalue weighted by Gasteiger charge is -2.40. The average Bonchev–Trinajstić information content (AvgIpc) is 2.95. The van der Waals surface area contributed by atoms with Crippen LogP contribution in [0.3, 0.4) is 0 Å². The third-order valence-corrected chi connectivity index (χ3v) is 4.58. The number of nitrogens with zero attached hydrogens (tertiary/aromatic N) is 3. The fourth-order valence-corrected chi connectivity index (χ4v) is 3.42. The second-order valence-corrected chi connectivity index (χ2v) is 7.81. The summed E-state index contributed by atoms with van der Waals surface area (Å²) in [6.45, 7) is 13.3. The van der Waals surface area contributed by atoms with Crippen molar-refractivity contribution in [1.82, 2.24) is 14.5 Å². The quantitative estimate of drug-likeness (QED) is 0.782. The maximum Gasteiger partial charge on any atom is 0.242 e. The molecule has 1 amide bonds. The summed E-state index contributed by atoms with van der Waals surface area (Å²) in [5.74, 6) is 0.370. The predicted molar refractivity (Wildman–Crippen MR) is 99.5 cm³/mol. The fraction of sp³-hybridized carbons (Fsp3) is 0.778. The molecule has 142 valence electrons. The minimum Gasteiger partial charge on any atom is -0.373 e. The van der Waals surface area contributed by atoms with Crippen LogP contribution in [0.2, 0.25) is 0 Å². The van der Waals surface area contributed by atoms with Crippen molar-refractivity contribution in [3.63, 3.8) is 0 Å². The second-order valence-electron chi connectivity index (χ2n) is 7.81. The van der Waals surface area contributed by atoms with Crippen molar-refractivity contribution in [2.24, 2.45) is 5.73 Å². The summed E-state index contributed by atoms with van der Waals surface area (Å²) in [6, 6.07) is -0.487. The average molecular weight is 351 g/mol. The third-order valence-electron chi connectivity index (χ3n) is 4.58. The van der Waals surface area contributed by atoms with Gasteiger partial charge in [0.25, 0.3) is 0 Å². The van der Waals surface area contributed by atoms with E-state index in [1.807, 2.05) is 13.1 Å². The summed E-state index contributed by atoms with van der Waals surface area (Å²) in [5.41, 5.74) is 5.71. The highest BCUT2D eigenvalue weighted by Gasteiger charge is 2.29. The Labute approximate surface area is 150 Å². The SMILES string of the molecule is CCCC(N)C(=O)Nc1cn(C(C)(C)CN2CC(C)OC(C)C2)cn1. The van der Waals surface area contributed by atoms with Gasteiger partial charge in [0, 0.05) is 25.8 Å². The van der Waals surface area contributed by atoms with Gasteiger partial charge in [0.1, 0.15) is 0 Å². The third kappa shape index (κ3) is 5.52. The number of morpholine rings is 1. The molecule has 3 N–H and O–H groups in total. The molecule has 1 aromatic rings. The van der Waals surface area contributed by atoms with Gasteiger partial charge in [-0.05, 0) is 34.1 Å². The molecule has 7 nitrogen and oxygen atoms in total. The van der Waals surface area contributed by atoms with E-state index >= 15 is 0 Å². The maximum absolute atomic E-state index is 12.0. The molecule has 0 radical (unpaired) electrons. The number of carbonyl (C=O) groups excluding carboxylic acids is 1. The molecule has 3 atom stereocenters. The molecule has 25 heavy (non-hydrogen) atoms. The monoisotopic (exact) mass is 351 g/mol. The van der Waals surface area contributed by atoms with E-state index in [2.05, 4.69) is 47.5 Å². The Kier molecular flexibility index (Phi) is 6.59. The van der Waals surface area contributed by atoms with E-state index in [0.717, 1.165) is 26.1 Å². The van der Waals surface area contributed by atoms with E-state index in [1.165, 1.54) is 0 Å². The predicted octanol–water partition coefficient (Wildman–Crippen LogP) is 1.79. The summed E-state index contributed by atoms with van der Waals surface area (Å²) in [5, 5.41) is 2.81. The maximum atomic E-state index is 12.0. The van der Waals surface area contributed by atoms with Crippen LogP contribution in [0.5, 0.6) is 0 Å². The molecule has 1 aromatic heterocycles. The highest BCUT2D eigenvalue weighted by Crippen LogP contribution is 2.21. The van der Waals surface area contributed by atoms with Crippen LogP contribution in [-0.4, -0.2) is 58.2 Å². The van der Waals surface area contributed by atoms with Crippen molar-refractivity contribution >= 4 is 11.7 Å². The molecule has 2 heterocycles. The summed E-state index contributed by atoms with van der Waals surface area (Å²) < 4.78 is 7.86. The Bertz CT molecular complexity index is 562. The number of amides is 1. The lowest BCUT2D eigenvalue weighted by atomic mass is 10.0. The molecular formula is C18H33N5O2. The van der Waals surface area contributed by atoms with Crippen LogP contribution < -0.4 is 11.1 Å². The van der Waals surface area contributed by atoms with Crippen molar-refractivity contribution in [2.45, 2.75) is 71.2 Å². The zero-order chi connectivity index (χ0) is 18.6. The molecule has 0 spiro atoms. The Morgan fingerprint density at radius 3 is 2.68 bits per heavy atom. The van der Waals surface area contributed by atoms with Crippen LogP contribution in [0.15, 0.2) is 12.5 Å². The number of imidazole rings is 1. The number of anilines is 1. The Hall–Kier alpha value is -1.44. The first-order valence-corrected chi connectivity index (χ1v) is 9.20. The molecule has 1 fully saturated rings. The number of ether oxygens (including phenoxy) is 1. The molecule has 0 bridgehead atoms. The Balaban J connectivity index is 1.98. The zero-order valence-electron chi connectivity index (χ0n) is 16.2. The molecule has 0 aromatic carbocycles. The van der Waals surface area contributed by atoms with Crippen LogP contribution in [0.4, 0.5) is 5.82 Å². The fourth-order valence-electron chi connectivity index (χ4n) is 3.42. The smallest absolute Gasteiger partial charge is 0.242 e. The Morgan fingerprint density at radius 2 is 2.08 bits per heavy atom. The van der Waals surface area contributed by atoms with Gasteiger partial charge >= 0.3 is 0 Å². The van der Waals surface area contributed by atoms with Crippen molar-refractivity contribution in [1.29, 1.82) is 0 Å². The normalized spacial score (nSPS) is 23.4. The molecule has 2 rings (SSSR count). The first kappa shape index (κ1) is 19.9. The standard InChI is InChI=1S/C18H33N5O2/c1-6-7-15(19)17(24)21-16-10-23(12-20-16)18(4,5)11-22-8-13(2)25-14(3)9-22/h10,12-15H,6-9,11,19H2,1-5H3,(H,21,24). The molecule has 3 unspecified atom stereocenters. The van der Waals surface area contributed by atoms with E-state index < -0.39 is 6.04 Å². The summed E-state index contributed by atoms with van der Waals surface area (Å²) in [6.07, 6.45) is 5.70. The van der Waals surface area contributed by atoms with Gasteiger partial charge in [-0.1, -0.05) is 13.3 Å². The molecule has 1 aliphatic rings. The van der Waals surface area contributed by atoms with Gasteiger partial charge in [0.2, 0.25) is 5.91 Å². The highest BCUT2D eigenvalue weighted by atomic mass is 16.5. The van der Waals surface area contributed by atoms with Gasteiger partial charge in [-0.3, -0.25) is 9.69 Å². The number of aromatic nitrogens is 2. The van der Waals surface area contributed by atoms with Gasteiger partial charge in [0.05, 0.1) is 30.1 Å². The van der Waals surface area contributed by atoms with Crippen LogP contribution in [0.25, 0.3) is 0 Å². The van der Waals surface area contributed by atoms with Crippen LogP contribution in [0, 0.1) is 0 Å². The second kappa shape index (κ2) is 8.29. The number of rotatable bonds is 7. The minimum atomic E-state index is -0.487. The van der Waals surface area contributed by atoms with Crippen molar-refractivity contribution in [3.05, 3.63) is 12.5 Å². The first-order chi connectivity index (χ1) is 11.7. The van der Waals surface area contributed by atoms with Gasteiger partial charge in [-0.2, -0.15) is 0 Å². The first-order valence-electron chi connectivity index (χ1n) is 9.20. The number of hydrogen-bond donors (Lipinski definition) is 2. The van der Waals surface area contributed by atoms with E-state index in [4.69, 9.17) is 10.5 Å². The van der Waals surface area contributed by atoms with E-state index in [9.17, 15) is 4.79 Å². The van der Waals surface area contributed by atoms with Crippen LogP contribution >= 0.6 is 0 Å². The summed E-state index contributed by atoms with van der Waals surface area (Å²) >= 11 is 0. The zero-order valence-corrected chi connectivity index (χ0v) is 16.2. The molecule has 0 aliphatic carbocycles.